The zero-order valence-corrected chi connectivity index (χ0v) is 10.9. The molecule has 1 atom stereocenters. The standard InChI is InChI=1S/C14H19NO3/c1-11-9-15(7-8-18-11)10-12-3-5-13(6-4-12)14(16)17-2/h3-6,11H,7-10H2,1-2H3. The van der Waals surface area contributed by atoms with Gasteiger partial charge in [-0.3, -0.25) is 4.90 Å². The molecule has 0 radical (unpaired) electrons. The van der Waals surface area contributed by atoms with Gasteiger partial charge in [0.25, 0.3) is 0 Å². The summed E-state index contributed by atoms with van der Waals surface area (Å²) in [5.41, 5.74) is 1.80. The molecule has 0 bridgehead atoms. The Bertz CT molecular complexity index is 402. The first-order valence-corrected chi connectivity index (χ1v) is 6.20. The van der Waals surface area contributed by atoms with E-state index in [1.165, 1.54) is 12.7 Å². The molecule has 0 N–H and O–H groups in total. The lowest BCUT2D eigenvalue weighted by Gasteiger charge is -2.31. The zero-order chi connectivity index (χ0) is 13.0. The molecule has 1 aliphatic heterocycles. The minimum absolute atomic E-state index is 0.290. The maximum atomic E-state index is 11.3. The largest absolute Gasteiger partial charge is 0.465 e. The average molecular weight is 249 g/mol. The Labute approximate surface area is 107 Å². The minimum Gasteiger partial charge on any atom is -0.465 e. The molecule has 4 nitrogen and oxygen atoms in total. The van der Waals surface area contributed by atoms with E-state index in [0.717, 1.165) is 26.2 Å². The van der Waals surface area contributed by atoms with Gasteiger partial charge >= 0.3 is 5.97 Å². The van der Waals surface area contributed by atoms with Crippen molar-refractivity contribution >= 4 is 5.97 Å². The number of esters is 1. The van der Waals surface area contributed by atoms with E-state index in [1.54, 1.807) is 0 Å². The maximum absolute atomic E-state index is 11.3. The quantitative estimate of drug-likeness (QED) is 0.764. The summed E-state index contributed by atoms with van der Waals surface area (Å²) >= 11 is 0. The number of hydrogen-bond acceptors (Lipinski definition) is 4. The van der Waals surface area contributed by atoms with Gasteiger partial charge in [0.05, 0.1) is 25.4 Å². The Kier molecular flexibility index (Phi) is 4.33. The number of rotatable bonds is 3. The summed E-state index contributed by atoms with van der Waals surface area (Å²) in [4.78, 5) is 13.7. The van der Waals surface area contributed by atoms with Crippen LogP contribution in [0.3, 0.4) is 0 Å². The smallest absolute Gasteiger partial charge is 0.337 e. The van der Waals surface area contributed by atoms with Crippen LogP contribution in [0.25, 0.3) is 0 Å². The molecule has 4 heteroatoms. The lowest BCUT2D eigenvalue weighted by atomic mass is 10.1. The highest BCUT2D eigenvalue weighted by Gasteiger charge is 2.16. The molecule has 2 rings (SSSR count). The van der Waals surface area contributed by atoms with Gasteiger partial charge in [-0.25, -0.2) is 4.79 Å². The zero-order valence-electron chi connectivity index (χ0n) is 10.9. The number of methoxy groups -OCH3 is 1. The summed E-state index contributed by atoms with van der Waals surface area (Å²) in [6.45, 7) is 5.70. The van der Waals surface area contributed by atoms with Crippen LogP contribution in [0.2, 0.25) is 0 Å². The number of carbonyl (C=O) groups is 1. The normalized spacial score (nSPS) is 20.7. The molecule has 18 heavy (non-hydrogen) atoms. The number of morpholine rings is 1. The molecule has 0 spiro atoms. The van der Waals surface area contributed by atoms with Gasteiger partial charge < -0.3 is 9.47 Å². The first kappa shape index (κ1) is 13.1. The van der Waals surface area contributed by atoms with Crippen molar-refractivity contribution in [2.24, 2.45) is 0 Å². The van der Waals surface area contributed by atoms with Crippen molar-refractivity contribution in [3.05, 3.63) is 35.4 Å². The first-order valence-electron chi connectivity index (χ1n) is 6.20. The van der Waals surface area contributed by atoms with E-state index >= 15 is 0 Å². The Morgan fingerprint density at radius 1 is 1.44 bits per heavy atom. The summed E-state index contributed by atoms with van der Waals surface area (Å²) in [5.74, 6) is -0.290. The Hall–Kier alpha value is -1.39. The van der Waals surface area contributed by atoms with Crippen molar-refractivity contribution in [2.75, 3.05) is 26.8 Å². The molecular weight excluding hydrogens is 230 g/mol. The van der Waals surface area contributed by atoms with Gasteiger partial charge in [-0.05, 0) is 24.6 Å². The van der Waals surface area contributed by atoms with E-state index in [1.807, 2.05) is 24.3 Å². The second-order valence-corrected chi connectivity index (χ2v) is 4.61. The van der Waals surface area contributed by atoms with Crippen molar-refractivity contribution in [1.29, 1.82) is 0 Å². The van der Waals surface area contributed by atoms with Crippen molar-refractivity contribution < 1.29 is 14.3 Å². The molecule has 98 valence electrons. The summed E-state index contributed by atoms with van der Waals surface area (Å²) in [6, 6.07) is 7.58. The third kappa shape index (κ3) is 3.31. The van der Waals surface area contributed by atoms with Crippen LogP contribution in [-0.2, 0) is 16.0 Å². The van der Waals surface area contributed by atoms with E-state index in [2.05, 4.69) is 16.6 Å². The van der Waals surface area contributed by atoms with Crippen LogP contribution in [0.15, 0.2) is 24.3 Å². The van der Waals surface area contributed by atoms with Gasteiger partial charge in [0.1, 0.15) is 0 Å². The molecule has 0 saturated carbocycles. The molecule has 1 aliphatic rings. The van der Waals surface area contributed by atoms with Crippen molar-refractivity contribution in [3.63, 3.8) is 0 Å². The predicted molar refractivity (Wildman–Crippen MR) is 68.5 cm³/mol. The second kappa shape index (κ2) is 5.98. The first-order chi connectivity index (χ1) is 8.69. The Morgan fingerprint density at radius 3 is 2.78 bits per heavy atom. The summed E-state index contributed by atoms with van der Waals surface area (Å²) < 4.78 is 10.2. The van der Waals surface area contributed by atoms with E-state index in [9.17, 15) is 4.79 Å². The van der Waals surface area contributed by atoms with Gasteiger partial charge in [-0.15, -0.1) is 0 Å². The van der Waals surface area contributed by atoms with Gasteiger partial charge in [-0.2, -0.15) is 0 Å². The van der Waals surface area contributed by atoms with Gasteiger partial charge in [0, 0.05) is 19.6 Å². The molecular formula is C14H19NO3. The third-order valence-corrected chi connectivity index (χ3v) is 3.11. The molecule has 0 aliphatic carbocycles. The lowest BCUT2D eigenvalue weighted by Crippen LogP contribution is -2.40. The van der Waals surface area contributed by atoms with Gasteiger partial charge in [0.2, 0.25) is 0 Å². The average Bonchev–Trinajstić information content (AvgIpc) is 2.39. The molecule has 0 aromatic heterocycles. The monoisotopic (exact) mass is 249 g/mol. The highest BCUT2D eigenvalue weighted by molar-refractivity contribution is 5.89. The highest BCUT2D eigenvalue weighted by atomic mass is 16.5. The van der Waals surface area contributed by atoms with Crippen LogP contribution in [0.1, 0.15) is 22.8 Å². The van der Waals surface area contributed by atoms with E-state index in [-0.39, 0.29) is 5.97 Å². The van der Waals surface area contributed by atoms with Crippen LogP contribution in [0.5, 0.6) is 0 Å². The number of benzene rings is 1. The fourth-order valence-electron chi connectivity index (χ4n) is 2.16. The SMILES string of the molecule is COC(=O)c1ccc(CN2CCOC(C)C2)cc1. The van der Waals surface area contributed by atoms with E-state index in [4.69, 9.17) is 4.74 Å². The molecule has 1 saturated heterocycles. The van der Waals surface area contributed by atoms with Crippen LogP contribution in [0, 0.1) is 0 Å². The summed E-state index contributed by atoms with van der Waals surface area (Å²) in [5, 5.41) is 0. The van der Waals surface area contributed by atoms with Gasteiger partial charge in [0.15, 0.2) is 0 Å². The second-order valence-electron chi connectivity index (χ2n) is 4.61. The van der Waals surface area contributed by atoms with Crippen molar-refractivity contribution in [1.82, 2.24) is 4.90 Å². The topological polar surface area (TPSA) is 38.8 Å². The predicted octanol–water partition coefficient (Wildman–Crippen LogP) is 1.69. The minimum atomic E-state index is -0.290. The highest BCUT2D eigenvalue weighted by Crippen LogP contribution is 2.11. The molecule has 1 aromatic rings. The summed E-state index contributed by atoms with van der Waals surface area (Å²) in [7, 11) is 1.39. The molecule has 1 unspecified atom stereocenters. The van der Waals surface area contributed by atoms with E-state index in [0.29, 0.717) is 11.7 Å². The van der Waals surface area contributed by atoms with Crippen LogP contribution >= 0.6 is 0 Å². The van der Waals surface area contributed by atoms with Crippen molar-refractivity contribution in [3.8, 4) is 0 Å². The molecule has 1 fully saturated rings. The number of hydrogen-bond donors (Lipinski definition) is 0. The Balaban J connectivity index is 1.95. The van der Waals surface area contributed by atoms with Crippen LogP contribution in [-0.4, -0.2) is 43.8 Å². The fraction of sp³-hybridized carbons (Fsp3) is 0.500. The number of ether oxygens (including phenoxy) is 2. The molecule has 0 amide bonds. The molecule has 1 aromatic carbocycles. The van der Waals surface area contributed by atoms with Crippen molar-refractivity contribution in [2.45, 2.75) is 19.6 Å². The van der Waals surface area contributed by atoms with Crippen LogP contribution < -0.4 is 0 Å². The van der Waals surface area contributed by atoms with Gasteiger partial charge in [-0.1, -0.05) is 12.1 Å². The number of nitrogens with zero attached hydrogens (tertiary/aromatic N) is 1. The summed E-state index contributed by atoms with van der Waals surface area (Å²) in [6.07, 6.45) is 0.299. The Morgan fingerprint density at radius 2 is 2.17 bits per heavy atom. The third-order valence-electron chi connectivity index (χ3n) is 3.11. The fourth-order valence-corrected chi connectivity index (χ4v) is 2.16. The number of carbonyl (C=O) groups excluding carboxylic acids is 1. The van der Waals surface area contributed by atoms with Crippen LogP contribution in [0.4, 0.5) is 0 Å². The molecule has 1 heterocycles. The maximum Gasteiger partial charge on any atom is 0.337 e. The van der Waals surface area contributed by atoms with E-state index < -0.39 is 0 Å². The lowest BCUT2D eigenvalue weighted by molar-refractivity contribution is -0.0212.